The third-order valence-corrected chi connectivity index (χ3v) is 5.53. The van der Waals surface area contributed by atoms with Crippen molar-refractivity contribution in [3.63, 3.8) is 0 Å². The number of aromatic nitrogens is 3. The number of nitrogens with zero attached hydrogens (tertiary/aromatic N) is 2. The number of rotatable bonds is 7. The van der Waals surface area contributed by atoms with Crippen molar-refractivity contribution < 1.29 is 9.53 Å². The molecule has 0 bridgehead atoms. The molecule has 34 heavy (non-hydrogen) atoms. The van der Waals surface area contributed by atoms with Crippen LogP contribution in [0, 0.1) is 6.92 Å². The number of carbonyl (C=O) groups is 1. The molecule has 7 nitrogen and oxygen atoms in total. The van der Waals surface area contributed by atoms with Crippen LogP contribution >= 0.6 is 0 Å². The lowest BCUT2D eigenvalue weighted by Crippen LogP contribution is -2.18. The number of ether oxygens (including phenoxy) is 1. The summed E-state index contributed by atoms with van der Waals surface area (Å²) >= 11 is 0. The lowest BCUT2D eigenvalue weighted by Gasteiger charge is -2.10. The van der Waals surface area contributed by atoms with Gasteiger partial charge in [0.2, 0.25) is 0 Å². The first kappa shape index (κ1) is 21.2. The Hall–Kier alpha value is -4.65. The van der Waals surface area contributed by atoms with Gasteiger partial charge in [-0.25, -0.2) is 5.43 Å². The van der Waals surface area contributed by atoms with Crippen molar-refractivity contribution >= 4 is 23.0 Å². The molecule has 3 aromatic carbocycles. The van der Waals surface area contributed by atoms with Crippen LogP contribution in [0.15, 0.2) is 90.0 Å². The number of hydrogen-bond acceptors (Lipinski definition) is 4. The zero-order valence-corrected chi connectivity index (χ0v) is 18.6. The lowest BCUT2D eigenvalue weighted by atomic mass is 10.1. The molecule has 0 aliphatic rings. The number of amides is 1. The van der Waals surface area contributed by atoms with Crippen LogP contribution in [-0.4, -0.2) is 27.3 Å². The van der Waals surface area contributed by atoms with E-state index in [0.717, 1.165) is 33.3 Å². The van der Waals surface area contributed by atoms with Gasteiger partial charge < -0.3 is 9.72 Å². The Balaban J connectivity index is 1.29. The molecule has 7 heteroatoms. The maximum atomic E-state index is 12.6. The molecule has 5 rings (SSSR count). The average molecular weight is 450 g/mol. The van der Waals surface area contributed by atoms with E-state index in [4.69, 9.17) is 4.74 Å². The fourth-order valence-electron chi connectivity index (χ4n) is 3.80. The minimum atomic E-state index is -0.379. The zero-order valence-electron chi connectivity index (χ0n) is 18.6. The van der Waals surface area contributed by atoms with E-state index in [1.54, 1.807) is 12.3 Å². The number of H-pyrrole nitrogens is 2. The first-order valence-electron chi connectivity index (χ1n) is 10.9. The summed E-state index contributed by atoms with van der Waals surface area (Å²) in [5.41, 5.74) is 8.31. The predicted molar refractivity (Wildman–Crippen MR) is 133 cm³/mol. The largest absolute Gasteiger partial charge is 0.488 e. The Kier molecular flexibility index (Phi) is 5.90. The van der Waals surface area contributed by atoms with Crippen LogP contribution in [0.3, 0.4) is 0 Å². The van der Waals surface area contributed by atoms with Crippen LogP contribution in [0.5, 0.6) is 5.75 Å². The SMILES string of the molecule is Cc1[nH]c2ccccc2c1/C=N/NC(=O)c1cc(-c2ccccc2OCc2ccccc2)n[nH]1. The normalized spacial score (nSPS) is 11.2. The predicted octanol–water partition coefficient (Wildman–Crippen LogP) is 5.21. The van der Waals surface area contributed by atoms with Crippen molar-refractivity contribution in [2.24, 2.45) is 5.10 Å². The monoisotopic (exact) mass is 449 g/mol. The van der Waals surface area contributed by atoms with Gasteiger partial charge in [-0.05, 0) is 36.8 Å². The molecule has 168 valence electrons. The number of fused-ring (bicyclic) bond motifs is 1. The Morgan fingerprint density at radius 3 is 2.68 bits per heavy atom. The van der Waals surface area contributed by atoms with Gasteiger partial charge in [0, 0.05) is 27.7 Å². The van der Waals surface area contributed by atoms with Crippen molar-refractivity contribution in [1.29, 1.82) is 0 Å². The second-order valence-corrected chi connectivity index (χ2v) is 7.85. The molecular formula is C27H23N5O2. The number of hydrogen-bond donors (Lipinski definition) is 3. The standard InChI is InChI=1S/C27H23N5O2/c1-18-22(20-11-5-7-13-23(20)29-18)16-28-32-27(33)25-15-24(30-31-25)21-12-6-8-14-26(21)34-17-19-9-3-2-4-10-19/h2-16,29H,17H2,1H3,(H,30,31)(H,32,33)/b28-16+. The van der Waals surface area contributed by atoms with Gasteiger partial charge in [0.15, 0.2) is 0 Å². The molecule has 1 amide bonds. The van der Waals surface area contributed by atoms with Gasteiger partial charge in [-0.2, -0.15) is 10.2 Å². The molecular weight excluding hydrogens is 426 g/mol. The molecule has 2 aromatic heterocycles. The molecule has 0 saturated carbocycles. The number of carbonyl (C=O) groups excluding carboxylic acids is 1. The van der Waals surface area contributed by atoms with Gasteiger partial charge >= 0.3 is 0 Å². The number of benzene rings is 3. The summed E-state index contributed by atoms with van der Waals surface area (Å²) in [7, 11) is 0. The highest BCUT2D eigenvalue weighted by atomic mass is 16.5. The van der Waals surface area contributed by atoms with Gasteiger partial charge in [-0.15, -0.1) is 0 Å². The van der Waals surface area contributed by atoms with E-state index in [2.05, 4.69) is 25.7 Å². The van der Waals surface area contributed by atoms with Crippen molar-refractivity contribution in [1.82, 2.24) is 20.6 Å². The fraction of sp³-hybridized carbons (Fsp3) is 0.0741. The Morgan fingerprint density at radius 1 is 1.03 bits per heavy atom. The van der Waals surface area contributed by atoms with Crippen molar-refractivity contribution in [3.8, 4) is 17.0 Å². The van der Waals surface area contributed by atoms with Gasteiger partial charge in [0.1, 0.15) is 18.1 Å². The number of para-hydroxylation sites is 2. The van der Waals surface area contributed by atoms with Crippen LogP contribution < -0.4 is 10.2 Å². The minimum Gasteiger partial charge on any atom is -0.488 e. The summed E-state index contributed by atoms with van der Waals surface area (Å²) in [6.07, 6.45) is 1.65. The summed E-state index contributed by atoms with van der Waals surface area (Å²) in [5, 5.41) is 12.3. The Bertz CT molecular complexity index is 1470. The fourth-order valence-corrected chi connectivity index (χ4v) is 3.80. The molecule has 3 N–H and O–H groups in total. The topological polar surface area (TPSA) is 95.2 Å². The Labute approximate surface area is 196 Å². The van der Waals surface area contributed by atoms with Crippen LogP contribution in [0.2, 0.25) is 0 Å². The second-order valence-electron chi connectivity index (χ2n) is 7.85. The van der Waals surface area contributed by atoms with Crippen LogP contribution in [0.4, 0.5) is 0 Å². The molecule has 0 radical (unpaired) electrons. The number of nitrogens with one attached hydrogen (secondary N) is 3. The van der Waals surface area contributed by atoms with E-state index in [1.165, 1.54) is 0 Å². The Morgan fingerprint density at radius 2 is 1.79 bits per heavy atom. The van der Waals surface area contributed by atoms with Gasteiger partial charge in [-0.3, -0.25) is 9.89 Å². The molecule has 0 spiro atoms. The quantitative estimate of drug-likeness (QED) is 0.235. The van der Waals surface area contributed by atoms with Crippen molar-refractivity contribution in [2.75, 3.05) is 0 Å². The number of hydrazone groups is 1. The lowest BCUT2D eigenvalue weighted by molar-refractivity contribution is 0.0950. The summed E-state index contributed by atoms with van der Waals surface area (Å²) in [6.45, 7) is 2.42. The maximum Gasteiger partial charge on any atom is 0.289 e. The van der Waals surface area contributed by atoms with E-state index in [1.807, 2.05) is 85.8 Å². The van der Waals surface area contributed by atoms with Gasteiger partial charge in [-0.1, -0.05) is 60.7 Å². The van der Waals surface area contributed by atoms with E-state index in [0.29, 0.717) is 23.7 Å². The van der Waals surface area contributed by atoms with E-state index < -0.39 is 0 Å². The molecule has 0 unspecified atom stereocenters. The molecule has 5 aromatic rings. The minimum absolute atomic E-state index is 0.306. The van der Waals surface area contributed by atoms with Crippen molar-refractivity contribution in [2.45, 2.75) is 13.5 Å². The van der Waals surface area contributed by atoms with Crippen molar-refractivity contribution in [3.05, 3.63) is 107 Å². The summed E-state index contributed by atoms with van der Waals surface area (Å²) < 4.78 is 6.02. The maximum absolute atomic E-state index is 12.6. The highest BCUT2D eigenvalue weighted by molar-refractivity contribution is 6.01. The molecule has 0 atom stereocenters. The van der Waals surface area contributed by atoms with Crippen LogP contribution in [-0.2, 0) is 6.61 Å². The number of aryl methyl sites for hydroxylation is 1. The third kappa shape index (κ3) is 4.45. The summed E-state index contributed by atoms with van der Waals surface area (Å²) in [6, 6.07) is 27.2. The van der Waals surface area contributed by atoms with Crippen LogP contribution in [0.1, 0.15) is 27.3 Å². The highest BCUT2D eigenvalue weighted by Gasteiger charge is 2.14. The molecule has 2 heterocycles. The van der Waals surface area contributed by atoms with E-state index >= 15 is 0 Å². The summed E-state index contributed by atoms with van der Waals surface area (Å²) in [4.78, 5) is 15.9. The molecule has 0 fully saturated rings. The van der Waals surface area contributed by atoms with E-state index in [9.17, 15) is 4.79 Å². The third-order valence-electron chi connectivity index (χ3n) is 5.53. The second kappa shape index (κ2) is 9.46. The smallest absolute Gasteiger partial charge is 0.289 e. The average Bonchev–Trinajstić information content (AvgIpc) is 3.48. The molecule has 0 aliphatic heterocycles. The van der Waals surface area contributed by atoms with E-state index in [-0.39, 0.29) is 5.91 Å². The van der Waals surface area contributed by atoms with Gasteiger partial charge in [0.05, 0.1) is 11.9 Å². The first-order valence-corrected chi connectivity index (χ1v) is 10.9. The highest BCUT2D eigenvalue weighted by Crippen LogP contribution is 2.29. The first-order chi connectivity index (χ1) is 16.7. The number of aromatic amines is 2. The molecule has 0 aliphatic carbocycles. The van der Waals surface area contributed by atoms with Crippen LogP contribution in [0.25, 0.3) is 22.2 Å². The summed E-state index contributed by atoms with van der Waals surface area (Å²) in [5.74, 6) is 0.313. The molecule has 0 saturated heterocycles. The van der Waals surface area contributed by atoms with Gasteiger partial charge in [0.25, 0.3) is 5.91 Å². The zero-order chi connectivity index (χ0) is 23.3.